The molecule has 134 valence electrons. The van der Waals surface area contributed by atoms with Gasteiger partial charge in [-0.05, 0) is 25.0 Å². The first-order valence-electron chi connectivity index (χ1n) is 7.48. The van der Waals surface area contributed by atoms with E-state index in [1.54, 1.807) is 5.38 Å². The van der Waals surface area contributed by atoms with Crippen molar-refractivity contribution in [3.63, 3.8) is 0 Å². The van der Waals surface area contributed by atoms with Gasteiger partial charge in [-0.1, -0.05) is 0 Å². The van der Waals surface area contributed by atoms with Crippen LogP contribution in [0.3, 0.4) is 0 Å². The minimum Gasteiger partial charge on any atom is -0.438 e. The van der Waals surface area contributed by atoms with Gasteiger partial charge in [0.25, 0.3) is 15.9 Å². The number of thiazole rings is 1. The van der Waals surface area contributed by atoms with Crippen molar-refractivity contribution in [2.45, 2.75) is 17.9 Å². The van der Waals surface area contributed by atoms with Gasteiger partial charge in [-0.2, -0.15) is 4.31 Å². The third kappa shape index (κ3) is 3.72. The van der Waals surface area contributed by atoms with Gasteiger partial charge in [-0.25, -0.2) is 13.4 Å². The van der Waals surface area contributed by atoms with Crippen LogP contribution in [0.25, 0.3) is 0 Å². The zero-order chi connectivity index (χ0) is 18.0. The smallest absolute Gasteiger partial charge is 0.293 e. The molecule has 2 aromatic rings. The molecule has 11 heteroatoms. The normalized spacial score (nSPS) is 16.6. The van der Waals surface area contributed by atoms with Gasteiger partial charge in [0.1, 0.15) is 0 Å². The average Bonchev–Trinajstić information content (AvgIpc) is 3.26. The van der Waals surface area contributed by atoms with Crippen molar-refractivity contribution in [1.29, 1.82) is 0 Å². The molecule has 3 rings (SSSR count). The first-order chi connectivity index (χ1) is 11.9. The highest BCUT2D eigenvalue weighted by molar-refractivity contribution is 7.89. The molecule has 2 aromatic heterocycles. The highest BCUT2D eigenvalue weighted by Gasteiger charge is 2.33. The molecule has 1 aliphatic rings. The van der Waals surface area contributed by atoms with Gasteiger partial charge >= 0.3 is 0 Å². The SMILES string of the molecule is NC(=O)C1CCN(S(=O)(=O)c2ccc(C(=O)Nc3nccs3)o2)CC1. The fraction of sp³-hybridized carbons (Fsp3) is 0.357. The molecule has 1 aliphatic heterocycles. The lowest BCUT2D eigenvalue weighted by Gasteiger charge is -2.28. The number of hydrogen-bond acceptors (Lipinski definition) is 7. The van der Waals surface area contributed by atoms with Gasteiger partial charge in [0.05, 0.1) is 0 Å². The predicted molar refractivity (Wildman–Crippen MR) is 89.5 cm³/mol. The van der Waals surface area contributed by atoms with E-state index < -0.39 is 21.8 Å². The highest BCUT2D eigenvalue weighted by Crippen LogP contribution is 2.25. The van der Waals surface area contributed by atoms with E-state index in [2.05, 4.69) is 10.3 Å². The first kappa shape index (κ1) is 17.6. The van der Waals surface area contributed by atoms with E-state index in [1.165, 1.54) is 34.0 Å². The Balaban J connectivity index is 1.70. The van der Waals surface area contributed by atoms with Gasteiger partial charge in [-0.3, -0.25) is 14.9 Å². The molecule has 0 aromatic carbocycles. The Labute approximate surface area is 147 Å². The number of furan rings is 1. The summed E-state index contributed by atoms with van der Waals surface area (Å²) in [7, 11) is -3.86. The van der Waals surface area contributed by atoms with Crippen LogP contribution in [-0.4, -0.2) is 42.6 Å². The minimum absolute atomic E-state index is 0.124. The number of nitrogens with zero attached hydrogens (tertiary/aromatic N) is 2. The van der Waals surface area contributed by atoms with Crippen LogP contribution in [0.5, 0.6) is 0 Å². The van der Waals surface area contributed by atoms with E-state index in [0.29, 0.717) is 18.0 Å². The second kappa shape index (κ2) is 6.94. The van der Waals surface area contributed by atoms with E-state index in [0.717, 1.165) is 0 Å². The van der Waals surface area contributed by atoms with Crippen molar-refractivity contribution in [1.82, 2.24) is 9.29 Å². The van der Waals surface area contributed by atoms with Crippen LogP contribution in [0.4, 0.5) is 5.13 Å². The minimum atomic E-state index is -3.86. The summed E-state index contributed by atoms with van der Waals surface area (Å²) in [5.41, 5.74) is 5.25. The maximum atomic E-state index is 12.6. The maximum Gasteiger partial charge on any atom is 0.293 e. The first-order valence-corrected chi connectivity index (χ1v) is 9.80. The van der Waals surface area contributed by atoms with Crippen molar-refractivity contribution in [2.75, 3.05) is 18.4 Å². The molecule has 0 unspecified atom stereocenters. The topological polar surface area (TPSA) is 136 Å². The standard InChI is InChI=1S/C14H16N4O5S2/c15-12(19)9-3-6-18(7-4-9)25(21,22)11-2-1-10(23-11)13(20)17-14-16-5-8-24-14/h1-2,5,8-9H,3-4,6-7H2,(H2,15,19)(H,16,17,20). The number of amides is 2. The summed E-state index contributed by atoms with van der Waals surface area (Å²) in [6.07, 6.45) is 2.27. The van der Waals surface area contributed by atoms with Gasteiger partial charge in [-0.15, -0.1) is 11.3 Å². The summed E-state index contributed by atoms with van der Waals surface area (Å²) in [6.45, 7) is 0.356. The number of nitrogens with two attached hydrogens (primary N) is 1. The molecule has 0 atom stereocenters. The molecule has 25 heavy (non-hydrogen) atoms. The second-order valence-electron chi connectivity index (χ2n) is 5.49. The van der Waals surface area contributed by atoms with Gasteiger partial charge < -0.3 is 10.2 Å². The number of carbonyl (C=O) groups excluding carboxylic acids is 2. The number of hydrogen-bond donors (Lipinski definition) is 2. The number of sulfonamides is 1. The quantitative estimate of drug-likeness (QED) is 0.785. The van der Waals surface area contributed by atoms with Crippen LogP contribution < -0.4 is 11.1 Å². The molecule has 0 bridgehead atoms. The molecule has 0 aliphatic carbocycles. The number of rotatable bonds is 5. The number of anilines is 1. The van der Waals surface area contributed by atoms with Crippen LogP contribution >= 0.6 is 11.3 Å². The van der Waals surface area contributed by atoms with Crippen LogP contribution in [0.1, 0.15) is 23.4 Å². The molecule has 3 heterocycles. The zero-order valence-corrected chi connectivity index (χ0v) is 14.7. The molecule has 1 saturated heterocycles. The van der Waals surface area contributed by atoms with Crippen molar-refractivity contribution in [3.8, 4) is 0 Å². The summed E-state index contributed by atoms with van der Waals surface area (Å²) in [6, 6.07) is 2.54. The predicted octanol–water partition coefficient (Wildman–Crippen LogP) is 0.874. The van der Waals surface area contributed by atoms with Crippen molar-refractivity contribution in [2.24, 2.45) is 11.7 Å². The molecule has 1 fully saturated rings. The Morgan fingerprint density at radius 2 is 2.04 bits per heavy atom. The second-order valence-corrected chi connectivity index (χ2v) is 8.25. The van der Waals surface area contributed by atoms with Crippen LogP contribution in [0.2, 0.25) is 0 Å². The molecule has 3 N–H and O–H groups in total. The fourth-order valence-corrected chi connectivity index (χ4v) is 4.44. The molecule has 9 nitrogen and oxygen atoms in total. The molecule has 2 amide bonds. The molecule has 0 saturated carbocycles. The Morgan fingerprint density at radius 1 is 1.32 bits per heavy atom. The van der Waals surface area contributed by atoms with Crippen LogP contribution in [0, 0.1) is 5.92 Å². The molecule has 0 spiro atoms. The summed E-state index contributed by atoms with van der Waals surface area (Å²) >= 11 is 1.23. The highest BCUT2D eigenvalue weighted by atomic mass is 32.2. The van der Waals surface area contributed by atoms with Gasteiger partial charge in [0.15, 0.2) is 10.9 Å². The van der Waals surface area contributed by atoms with Crippen molar-refractivity contribution >= 4 is 38.3 Å². The Kier molecular flexibility index (Phi) is 4.88. The molecular formula is C14H16N4O5S2. The lowest BCUT2D eigenvalue weighted by Crippen LogP contribution is -2.41. The Bertz CT molecular complexity index is 867. The summed E-state index contributed by atoms with van der Waals surface area (Å²) in [5, 5.41) is 4.29. The van der Waals surface area contributed by atoms with E-state index in [9.17, 15) is 18.0 Å². The lowest BCUT2D eigenvalue weighted by molar-refractivity contribution is -0.122. The lowest BCUT2D eigenvalue weighted by atomic mass is 9.98. The van der Waals surface area contributed by atoms with Crippen molar-refractivity contribution in [3.05, 3.63) is 29.5 Å². The summed E-state index contributed by atoms with van der Waals surface area (Å²) < 4.78 is 31.6. The number of aromatic nitrogens is 1. The van der Waals surface area contributed by atoms with Crippen molar-refractivity contribution < 1.29 is 22.4 Å². The van der Waals surface area contributed by atoms with E-state index in [-0.39, 0.29) is 29.9 Å². The molecular weight excluding hydrogens is 368 g/mol. The van der Waals surface area contributed by atoms with Gasteiger partial charge in [0.2, 0.25) is 11.0 Å². The monoisotopic (exact) mass is 384 g/mol. The van der Waals surface area contributed by atoms with Crippen LogP contribution in [-0.2, 0) is 14.8 Å². The summed E-state index contributed by atoms with van der Waals surface area (Å²) in [4.78, 5) is 27.1. The third-order valence-corrected chi connectivity index (χ3v) is 6.37. The third-order valence-electron chi connectivity index (χ3n) is 3.91. The average molecular weight is 384 g/mol. The zero-order valence-electron chi connectivity index (χ0n) is 13.0. The number of nitrogens with one attached hydrogen (secondary N) is 1. The Morgan fingerprint density at radius 3 is 2.64 bits per heavy atom. The Hall–Kier alpha value is -2.24. The van der Waals surface area contributed by atoms with Crippen LogP contribution in [0.15, 0.2) is 33.2 Å². The number of carbonyl (C=O) groups is 2. The maximum absolute atomic E-state index is 12.6. The summed E-state index contributed by atoms with van der Waals surface area (Å²) in [5.74, 6) is -1.44. The fourth-order valence-electron chi connectivity index (χ4n) is 2.53. The van der Waals surface area contributed by atoms with E-state index in [1.807, 2.05) is 0 Å². The van der Waals surface area contributed by atoms with Gasteiger partial charge in [0, 0.05) is 30.6 Å². The molecule has 0 radical (unpaired) electrons. The number of piperidine rings is 1. The van der Waals surface area contributed by atoms with E-state index in [4.69, 9.17) is 10.2 Å². The number of primary amides is 1. The van der Waals surface area contributed by atoms with E-state index >= 15 is 0 Å². The largest absolute Gasteiger partial charge is 0.438 e.